The summed E-state index contributed by atoms with van der Waals surface area (Å²) in [5, 5.41) is 8.98. The molecule has 2 rings (SSSR count). The summed E-state index contributed by atoms with van der Waals surface area (Å²) in [6.07, 6.45) is 3.82. The summed E-state index contributed by atoms with van der Waals surface area (Å²) in [7, 11) is 0. The van der Waals surface area contributed by atoms with E-state index < -0.39 is 5.97 Å². The van der Waals surface area contributed by atoms with Crippen LogP contribution in [0, 0.1) is 5.92 Å². The van der Waals surface area contributed by atoms with Gasteiger partial charge in [-0.1, -0.05) is 0 Å². The molecule has 0 radical (unpaired) electrons. The van der Waals surface area contributed by atoms with Crippen molar-refractivity contribution in [2.75, 3.05) is 32.7 Å². The molecular formula is C12H20N2O3. The summed E-state index contributed by atoms with van der Waals surface area (Å²) in [5.74, 6) is -0.869. The summed E-state index contributed by atoms with van der Waals surface area (Å²) in [6.45, 7) is 3.51. The number of piperidine rings is 1. The van der Waals surface area contributed by atoms with Gasteiger partial charge < -0.3 is 10.0 Å². The Labute approximate surface area is 101 Å². The third-order valence-electron chi connectivity index (χ3n) is 3.67. The van der Waals surface area contributed by atoms with Crippen molar-refractivity contribution in [1.82, 2.24) is 9.80 Å². The molecule has 0 saturated carbocycles. The molecule has 96 valence electrons. The second kappa shape index (κ2) is 5.49. The molecule has 1 amide bonds. The van der Waals surface area contributed by atoms with E-state index in [9.17, 15) is 9.59 Å². The number of carboxylic acids is 1. The highest BCUT2D eigenvalue weighted by Gasteiger charge is 2.28. The van der Waals surface area contributed by atoms with E-state index in [0.717, 1.165) is 45.3 Å². The van der Waals surface area contributed by atoms with E-state index in [2.05, 4.69) is 0 Å². The monoisotopic (exact) mass is 240 g/mol. The highest BCUT2D eigenvalue weighted by molar-refractivity contribution is 5.78. The number of carbonyl (C=O) groups excluding carboxylic acids is 1. The number of hydrogen-bond donors (Lipinski definition) is 1. The molecule has 0 unspecified atom stereocenters. The predicted molar refractivity (Wildman–Crippen MR) is 62.6 cm³/mol. The van der Waals surface area contributed by atoms with Crippen molar-refractivity contribution >= 4 is 11.9 Å². The summed E-state index contributed by atoms with van der Waals surface area (Å²) < 4.78 is 0. The fourth-order valence-corrected chi connectivity index (χ4v) is 2.66. The van der Waals surface area contributed by atoms with Crippen LogP contribution in [0.5, 0.6) is 0 Å². The minimum absolute atomic E-state index is 0.161. The molecule has 5 heteroatoms. The first kappa shape index (κ1) is 12.4. The number of nitrogens with zero attached hydrogens (tertiary/aromatic N) is 2. The van der Waals surface area contributed by atoms with Crippen LogP contribution in [0.3, 0.4) is 0 Å². The normalized spacial score (nSPS) is 26.1. The zero-order valence-electron chi connectivity index (χ0n) is 10.1. The minimum atomic E-state index is -0.733. The SMILES string of the molecule is O=C(O)[C@@H]1CCCN(CC(=O)N2CCCC2)C1. The van der Waals surface area contributed by atoms with Gasteiger partial charge in [-0.15, -0.1) is 0 Å². The third kappa shape index (κ3) is 3.19. The Balaban J connectivity index is 1.81. The Hall–Kier alpha value is -1.10. The summed E-state index contributed by atoms with van der Waals surface area (Å²) >= 11 is 0. The van der Waals surface area contributed by atoms with E-state index in [1.54, 1.807) is 0 Å². The molecule has 2 aliphatic rings. The van der Waals surface area contributed by atoms with Crippen molar-refractivity contribution in [3.05, 3.63) is 0 Å². The van der Waals surface area contributed by atoms with E-state index >= 15 is 0 Å². The van der Waals surface area contributed by atoms with Crippen molar-refractivity contribution in [2.24, 2.45) is 5.92 Å². The molecule has 2 fully saturated rings. The Kier molecular flexibility index (Phi) is 3.99. The van der Waals surface area contributed by atoms with Gasteiger partial charge in [-0.3, -0.25) is 14.5 Å². The minimum Gasteiger partial charge on any atom is -0.481 e. The van der Waals surface area contributed by atoms with E-state index in [1.807, 2.05) is 9.80 Å². The molecule has 0 aliphatic carbocycles. The van der Waals surface area contributed by atoms with Crippen LogP contribution in [0.2, 0.25) is 0 Å². The largest absolute Gasteiger partial charge is 0.481 e. The van der Waals surface area contributed by atoms with Crippen LogP contribution < -0.4 is 0 Å². The molecule has 1 atom stereocenters. The summed E-state index contributed by atoms with van der Waals surface area (Å²) in [4.78, 5) is 26.7. The lowest BCUT2D eigenvalue weighted by Gasteiger charge is -2.31. The van der Waals surface area contributed by atoms with Gasteiger partial charge in [0.15, 0.2) is 0 Å². The fourth-order valence-electron chi connectivity index (χ4n) is 2.66. The van der Waals surface area contributed by atoms with Gasteiger partial charge >= 0.3 is 5.97 Å². The highest BCUT2D eigenvalue weighted by atomic mass is 16.4. The number of carbonyl (C=O) groups is 2. The van der Waals surface area contributed by atoms with E-state index in [0.29, 0.717) is 13.1 Å². The van der Waals surface area contributed by atoms with E-state index in [-0.39, 0.29) is 11.8 Å². The Morgan fingerprint density at radius 2 is 1.82 bits per heavy atom. The maximum absolute atomic E-state index is 11.9. The van der Waals surface area contributed by atoms with Crippen LogP contribution in [0.1, 0.15) is 25.7 Å². The first-order valence-corrected chi connectivity index (χ1v) is 6.40. The first-order valence-electron chi connectivity index (χ1n) is 6.40. The molecule has 5 nitrogen and oxygen atoms in total. The molecule has 1 N–H and O–H groups in total. The zero-order chi connectivity index (χ0) is 12.3. The van der Waals surface area contributed by atoms with E-state index in [1.165, 1.54) is 0 Å². The quantitative estimate of drug-likeness (QED) is 0.776. The molecule has 0 aromatic rings. The number of likely N-dealkylation sites (tertiary alicyclic amines) is 2. The van der Waals surface area contributed by atoms with Crippen LogP contribution in [0.15, 0.2) is 0 Å². The molecule has 0 aromatic heterocycles. The molecule has 2 saturated heterocycles. The van der Waals surface area contributed by atoms with Gasteiger partial charge in [0.2, 0.25) is 5.91 Å². The Morgan fingerprint density at radius 3 is 2.47 bits per heavy atom. The first-order chi connectivity index (χ1) is 8.16. The van der Waals surface area contributed by atoms with Gasteiger partial charge in [0.25, 0.3) is 0 Å². The zero-order valence-corrected chi connectivity index (χ0v) is 10.1. The Morgan fingerprint density at radius 1 is 1.12 bits per heavy atom. The molecule has 0 bridgehead atoms. The van der Waals surface area contributed by atoms with Crippen LogP contribution in [0.25, 0.3) is 0 Å². The Bertz CT molecular complexity index is 300. The number of rotatable bonds is 3. The van der Waals surface area contributed by atoms with Crippen LogP contribution in [-0.4, -0.2) is 59.5 Å². The lowest BCUT2D eigenvalue weighted by atomic mass is 9.98. The average molecular weight is 240 g/mol. The summed E-state index contributed by atoms with van der Waals surface area (Å²) in [5.41, 5.74) is 0. The van der Waals surface area contributed by atoms with Gasteiger partial charge in [0.1, 0.15) is 0 Å². The molecule has 0 aromatic carbocycles. The molecule has 2 aliphatic heterocycles. The van der Waals surface area contributed by atoms with E-state index in [4.69, 9.17) is 5.11 Å². The summed E-state index contributed by atoms with van der Waals surface area (Å²) in [6, 6.07) is 0. The number of amides is 1. The molecule has 2 heterocycles. The van der Waals surface area contributed by atoms with Crippen LogP contribution >= 0.6 is 0 Å². The molecular weight excluding hydrogens is 220 g/mol. The van der Waals surface area contributed by atoms with Gasteiger partial charge in [-0.05, 0) is 32.2 Å². The second-order valence-corrected chi connectivity index (χ2v) is 5.00. The standard InChI is InChI=1S/C12H20N2O3/c15-11(14-6-1-2-7-14)9-13-5-3-4-10(8-13)12(16)17/h10H,1-9H2,(H,16,17)/t10-/m1/s1. The number of hydrogen-bond acceptors (Lipinski definition) is 3. The molecule has 0 spiro atoms. The maximum Gasteiger partial charge on any atom is 0.307 e. The van der Waals surface area contributed by atoms with Crippen molar-refractivity contribution in [1.29, 1.82) is 0 Å². The third-order valence-corrected chi connectivity index (χ3v) is 3.67. The lowest BCUT2D eigenvalue weighted by Crippen LogP contribution is -2.44. The maximum atomic E-state index is 11.9. The van der Waals surface area contributed by atoms with Crippen molar-refractivity contribution in [3.8, 4) is 0 Å². The fraction of sp³-hybridized carbons (Fsp3) is 0.833. The van der Waals surface area contributed by atoms with Crippen molar-refractivity contribution < 1.29 is 14.7 Å². The van der Waals surface area contributed by atoms with Crippen molar-refractivity contribution in [2.45, 2.75) is 25.7 Å². The second-order valence-electron chi connectivity index (χ2n) is 5.00. The van der Waals surface area contributed by atoms with Crippen molar-refractivity contribution in [3.63, 3.8) is 0 Å². The van der Waals surface area contributed by atoms with Gasteiger partial charge in [-0.25, -0.2) is 0 Å². The smallest absolute Gasteiger partial charge is 0.307 e. The number of carboxylic acid groups (broad SMARTS) is 1. The van der Waals surface area contributed by atoms with Gasteiger partial charge in [-0.2, -0.15) is 0 Å². The average Bonchev–Trinajstić information content (AvgIpc) is 2.82. The number of aliphatic carboxylic acids is 1. The van der Waals surface area contributed by atoms with Crippen LogP contribution in [0.4, 0.5) is 0 Å². The molecule has 17 heavy (non-hydrogen) atoms. The highest BCUT2D eigenvalue weighted by Crippen LogP contribution is 2.17. The van der Waals surface area contributed by atoms with Gasteiger partial charge in [0, 0.05) is 19.6 Å². The van der Waals surface area contributed by atoms with Crippen LogP contribution in [-0.2, 0) is 9.59 Å². The lowest BCUT2D eigenvalue weighted by molar-refractivity contribution is -0.144. The predicted octanol–water partition coefficient (Wildman–Crippen LogP) is 0.405. The van der Waals surface area contributed by atoms with Gasteiger partial charge in [0.05, 0.1) is 12.5 Å². The topological polar surface area (TPSA) is 60.9 Å².